The van der Waals surface area contributed by atoms with Crippen LogP contribution >= 0.6 is 0 Å². The molecule has 5 nitrogen and oxygen atoms in total. The van der Waals surface area contributed by atoms with E-state index in [1.165, 1.54) is 27.7 Å². The lowest BCUT2D eigenvalue weighted by atomic mass is 10.0. The summed E-state index contributed by atoms with van der Waals surface area (Å²) in [6.07, 6.45) is 4.86. The largest absolute Gasteiger partial charge is 0.344 e. The molecule has 0 atom stereocenters. The van der Waals surface area contributed by atoms with Crippen LogP contribution in [0.15, 0.2) is 42.7 Å². The average Bonchev–Trinajstić information content (AvgIpc) is 2.93. The number of benzene rings is 1. The molecule has 0 bridgehead atoms. The third-order valence-electron chi connectivity index (χ3n) is 5.13. The zero-order valence-electron chi connectivity index (χ0n) is 15.3. The molecule has 0 aliphatic carbocycles. The molecule has 1 aliphatic rings. The van der Waals surface area contributed by atoms with Gasteiger partial charge in [0.1, 0.15) is 0 Å². The Bertz CT molecular complexity index is 946. The van der Waals surface area contributed by atoms with E-state index in [4.69, 9.17) is 0 Å². The second-order valence-corrected chi connectivity index (χ2v) is 7.12. The highest BCUT2D eigenvalue weighted by Gasteiger charge is 2.22. The van der Waals surface area contributed by atoms with Crippen molar-refractivity contribution in [1.29, 1.82) is 0 Å². The zero-order chi connectivity index (χ0) is 18.1. The molecule has 0 saturated heterocycles. The smallest absolute Gasteiger partial charge is 0.226 e. The summed E-state index contributed by atoms with van der Waals surface area (Å²) >= 11 is 0. The molecule has 5 heteroatoms. The third kappa shape index (κ3) is 3.22. The van der Waals surface area contributed by atoms with Crippen molar-refractivity contribution in [3.05, 3.63) is 59.5 Å². The molecule has 134 valence electrons. The first-order chi connectivity index (χ1) is 12.6. The Morgan fingerprint density at radius 2 is 2.04 bits per heavy atom. The highest BCUT2D eigenvalue weighted by Crippen LogP contribution is 2.31. The standard InChI is InChI=1S/C21H24N4O/c1-15-3-4-19-17(13-15)18-14-24(2)11-7-20(18)25(19)12-8-21(26)23-16-5-9-22-10-6-16/h3-6,9-10,13H,7-8,11-12,14H2,1-2H3,(H,22,23,26). The van der Waals surface area contributed by atoms with Crippen LogP contribution in [-0.2, 0) is 24.3 Å². The highest BCUT2D eigenvalue weighted by molar-refractivity contribution is 5.91. The minimum Gasteiger partial charge on any atom is -0.344 e. The number of aromatic nitrogens is 2. The van der Waals surface area contributed by atoms with Crippen molar-refractivity contribution < 1.29 is 4.79 Å². The van der Waals surface area contributed by atoms with Crippen LogP contribution in [0.4, 0.5) is 5.69 Å². The molecule has 0 saturated carbocycles. The van der Waals surface area contributed by atoms with Crippen molar-refractivity contribution in [1.82, 2.24) is 14.5 Å². The van der Waals surface area contributed by atoms with Crippen molar-refractivity contribution in [3.63, 3.8) is 0 Å². The van der Waals surface area contributed by atoms with Gasteiger partial charge in [-0.05, 0) is 43.8 Å². The first-order valence-electron chi connectivity index (χ1n) is 9.11. The lowest BCUT2D eigenvalue weighted by molar-refractivity contribution is -0.116. The van der Waals surface area contributed by atoms with Crippen molar-refractivity contribution in [3.8, 4) is 0 Å². The van der Waals surface area contributed by atoms with Crippen molar-refractivity contribution >= 4 is 22.5 Å². The number of carbonyl (C=O) groups is 1. The molecule has 1 aliphatic heterocycles. The van der Waals surface area contributed by atoms with Crippen LogP contribution in [0.2, 0.25) is 0 Å². The number of anilines is 1. The molecule has 4 rings (SSSR count). The van der Waals surface area contributed by atoms with Gasteiger partial charge in [-0.3, -0.25) is 9.78 Å². The number of carbonyl (C=O) groups excluding carboxylic acids is 1. The monoisotopic (exact) mass is 348 g/mol. The van der Waals surface area contributed by atoms with Crippen LogP contribution in [0.5, 0.6) is 0 Å². The molecule has 0 spiro atoms. The fourth-order valence-electron chi connectivity index (χ4n) is 3.83. The first-order valence-corrected chi connectivity index (χ1v) is 9.11. The van der Waals surface area contributed by atoms with Gasteiger partial charge in [-0.25, -0.2) is 0 Å². The van der Waals surface area contributed by atoms with Crippen molar-refractivity contribution in [2.24, 2.45) is 0 Å². The molecule has 0 fully saturated rings. The molecule has 2 aromatic heterocycles. The SMILES string of the molecule is Cc1ccc2c(c1)c1c(n2CCC(=O)Nc2ccncc2)CCN(C)C1. The van der Waals surface area contributed by atoms with Gasteiger partial charge in [-0.1, -0.05) is 11.6 Å². The fraction of sp³-hybridized carbons (Fsp3) is 0.333. The molecule has 3 heterocycles. The Balaban J connectivity index is 1.59. The summed E-state index contributed by atoms with van der Waals surface area (Å²) in [5.74, 6) is 0.0341. The number of fused-ring (bicyclic) bond motifs is 3. The molecular formula is C21H24N4O. The summed E-state index contributed by atoms with van der Waals surface area (Å²) in [4.78, 5) is 18.7. The van der Waals surface area contributed by atoms with E-state index in [9.17, 15) is 4.79 Å². The molecule has 26 heavy (non-hydrogen) atoms. The van der Waals surface area contributed by atoms with Crippen LogP contribution in [0, 0.1) is 6.92 Å². The maximum Gasteiger partial charge on any atom is 0.226 e. The number of amides is 1. The van der Waals surface area contributed by atoms with E-state index in [1.807, 2.05) is 12.1 Å². The number of hydrogen-bond donors (Lipinski definition) is 1. The van der Waals surface area contributed by atoms with E-state index >= 15 is 0 Å². The van der Waals surface area contributed by atoms with E-state index < -0.39 is 0 Å². The third-order valence-corrected chi connectivity index (χ3v) is 5.13. The first kappa shape index (κ1) is 16.8. The minimum absolute atomic E-state index is 0.0341. The van der Waals surface area contributed by atoms with Gasteiger partial charge in [0.15, 0.2) is 0 Å². The van der Waals surface area contributed by atoms with Crippen LogP contribution in [0.3, 0.4) is 0 Å². The lowest BCUT2D eigenvalue weighted by Crippen LogP contribution is -2.27. The van der Waals surface area contributed by atoms with Crippen molar-refractivity contribution in [2.45, 2.75) is 32.9 Å². The molecular weight excluding hydrogens is 324 g/mol. The van der Waals surface area contributed by atoms with Crippen LogP contribution in [0.1, 0.15) is 23.2 Å². The van der Waals surface area contributed by atoms with Crippen molar-refractivity contribution in [2.75, 3.05) is 18.9 Å². The van der Waals surface area contributed by atoms with Crippen LogP contribution < -0.4 is 5.32 Å². The Hall–Kier alpha value is -2.66. The topological polar surface area (TPSA) is 50.2 Å². The summed E-state index contributed by atoms with van der Waals surface area (Å²) in [5, 5.41) is 4.28. The Kier molecular flexibility index (Phi) is 4.47. The molecule has 1 amide bonds. The minimum atomic E-state index is 0.0341. The maximum atomic E-state index is 12.4. The Morgan fingerprint density at radius 1 is 1.23 bits per heavy atom. The number of pyridine rings is 1. The van der Waals surface area contributed by atoms with E-state index in [2.05, 4.69) is 51.9 Å². The van der Waals surface area contributed by atoms with Gasteiger partial charge in [0, 0.05) is 67.2 Å². The summed E-state index contributed by atoms with van der Waals surface area (Å²) in [5.41, 5.74) is 6.13. The fourth-order valence-corrected chi connectivity index (χ4v) is 3.83. The molecule has 1 aromatic carbocycles. The van der Waals surface area contributed by atoms with Crippen LogP contribution in [0.25, 0.3) is 10.9 Å². The number of hydrogen-bond acceptors (Lipinski definition) is 3. The molecule has 0 radical (unpaired) electrons. The highest BCUT2D eigenvalue weighted by atomic mass is 16.1. The number of likely N-dealkylation sites (N-methyl/N-ethyl adjacent to an activating group) is 1. The normalized spacial score (nSPS) is 14.4. The number of aryl methyl sites for hydroxylation is 2. The van der Waals surface area contributed by atoms with Gasteiger partial charge in [0.25, 0.3) is 0 Å². The van der Waals surface area contributed by atoms with E-state index in [0.29, 0.717) is 13.0 Å². The summed E-state index contributed by atoms with van der Waals surface area (Å²) in [6.45, 7) is 4.88. The average molecular weight is 348 g/mol. The maximum absolute atomic E-state index is 12.4. The van der Waals surface area contributed by atoms with Gasteiger partial charge >= 0.3 is 0 Å². The number of nitrogens with zero attached hydrogens (tertiary/aromatic N) is 3. The number of nitrogens with one attached hydrogen (secondary N) is 1. The second-order valence-electron chi connectivity index (χ2n) is 7.12. The molecule has 1 N–H and O–H groups in total. The van der Waals surface area contributed by atoms with E-state index in [-0.39, 0.29) is 5.91 Å². The van der Waals surface area contributed by atoms with E-state index in [0.717, 1.165) is 25.2 Å². The van der Waals surface area contributed by atoms with Gasteiger partial charge in [0.05, 0.1) is 0 Å². The molecule has 0 unspecified atom stereocenters. The quantitative estimate of drug-likeness (QED) is 0.786. The predicted octanol–water partition coefficient (Wildman–Crippen LogP) is 3.36. The Labute approximate surface area is 153 Å². The number of rotatable bonds is 4. The zero-order valence-corrected chi connectivity index (χ0v) is 15.3. The molecule has 3 aromatic rings. The van der Waals surface area contributed by atoms with Gasteiger partial charge < -0.3 is 14.8 Å². The van der Waals surface area contributed by atoms with Gasteiger partial charge in [-0.2, -0.15) is 0 Å². The lowest BCUT2D eigenvalue weighted by Gasteiger charge is -2.24. The van der Waals surface area contributed by atoms with E-state index in [1.54, 1.807) is 12.4 Å². The van der Waals surface area contributed by atoms with Gasteiger partial charge in [-0.15, -0.1) is 0 Å². The second kappa shape index (κ2) is 6.92. The summed E-state index contributed by atoms with van der Waals surface area (Å²) < 4.78 is 2.35. The predicted molar refractivity (Wildman–Crippen MR) is 104 cm³/mol. The summed E-state index contributed by atoms with van der Waals surface area (Å²) in [7, 11) is 2.17. The van der Waals surface area contributed by atoms with Gasteiger partial charge in [0.2, 0.25) is 5.91 Å². The summed E-state index contributed by atoms with van der Waals surface area (Å²) in [6, 6.07) is 10.3. The van der Waals surface area contributed by atoms with Crippen LogP contribution in [-0.4, -0.2) is 34.0 Å². The Morgan fingerprint density at radius 3 is 2.85 bits per heavy atom.